The number of nitrogens with one attached hydrogen (secondary N) is 7. The van der Waals surface area contributed by atoms with E-state index in [-0.39, 0.29) is 62.0 Å². The summed E-state index contributed by atoms with van der Waals surface area (Å²) < 4.78 is 54.2. The monoisotopic (exact) mass is 1400 g/mol. The van der Waals surface area contributed by atoms with Gasteiger partial charge in [-0.15, -0.1) is 13.2 Å². The van der Waals surface area contributed by atoms with E-state index in [1.54, 1.807) is 30.3 Å². The highest BCUT2D eigenvalue weighted by Gasteiger charge is 2.63. The molecule has 2 aromatic heterocycles. The van der Waals surface area contributed by atoms with E-state index >= 15 is 0 Å². The molecular weight excluding hydrogens is 1310 g/mol. The molecule has 2 aliphatic heterocycles. The summed E-state index contributed by atoms with van der Waals surface area (Å²) in [7, 11) is -7.69. The van der Waals surface area contributed by atoms with Crippen LogP contribution >= 0.6 is 0 Å². The number of carboxylic acids is 1. The first kappa shape index (κ1) is 73.0. The number of hydrogen-bond acceptors (Lipinski definition) is 17. The standard InChI is InChI=1S/C35H44N6O7S.C25H39N5O6S.C10H7NO2/c1-5-22-18-35(22,33(46)40-49(47,48)24-13-14-24)39-31(44)27-17-23(36-30(43)26-15-12-21-8-6-7-9-25(21)37-26)19-41(27)32(45)29(34(2,3)4)38-28(42)16-20-10-11-20;1-5-15-12-25(15,23(34)29-37(35,36)17-8-9-17)28-21(32)18-11-16(26)13-30(18)22(33)20(24(2,3)4)27-19(31)10-14-6-7-14;12-10(13)9-6-5-7-3-1-2-4-8(7)11-9/h5-9,12,15,20,22-24,27,29H,1,10-11,13-14,16-19H2,2-4H3,(H,36,43)(H,38,42)(H,39,44)(H,40,46);5,14-18,20H,1,6-13,26H2,2-4H3,(H,27,31)(H,28,32)(H,29,34);1-6H,(H,12,13)/t22?,23-,27+,29-,35?;15?,16-,18+,20-,25?;/m11./s1. The Kier molecular flexibility index (Phi) is 21.0. The van der Waals surface area contributed by atoms with E-state index in [4.69, 9.17) is 10.8 Å². The second-order valence-electron chi connectivity index (χ2n) is 29.9. The Bertz CT molecular complexity index is 4140. The fraction of sp³-hybridized carbons (Fsp3) is 0.543. The molecule has 532 valence electrons. The first-order chi connectivity index (χ1) is 46.6. The van der Waals surface area contributed by atoms with Crippen LogP contribution in [0.4, 0.5) is 0 Å². The lowest BCUT2D eigenvalue weighted by atomic mass is 9.85. The number of aromatic carboxylic acids is 1. The quantitative estimate of drug-likeness (QED) is 0.0477. The van der Waals surface area contributed by atoms with Crippen LogP contribution in [0, 0.1) is 34.5 Å². The number of amides is 9. The van der Waals surface area contributed by atoms with Gasteiger partial charge in [-0.3, -0.25) is 52.6 Å². The van der Waals surface area contributed by atoms with Crippen molar-refractivity contribution in [1.82, 2.24) is 55.8 Å². The van der Waals surface area contributed by atoms with Gasteiger partial charge < -0.3 is 47.2 Å². The Hall–Kier alpha value is -8.70. The van der Waals surface area contributed by atoms with Gasteiger partial charge >= 0.3 is 5.97 Å². The summed E-state index contributed by atoms with van der Waals surface area (Å²) in [5, 5.41) is 23.4. The average molecular weight is 1400 g/mol. The van der Waals surface area contributed by atoms with E-state index in [2.05, 4.69) is 59.2 Å². The molecule has 6 aliphatic carbocycles. The van der Waals surface area contributed by atoms with Crippen molar-refractivity contribution in [3.63, 3.8) is 0 Å². The largest absolute Gasteiger partial charge is 0.477 e. The lowest BCUT2D eigenvalue weighted by Crippen LogP contribution is -2.60. The third-order valence-corrected chi connectivity index (χ3v) is 23.1. The highest BCUT2D eigenvalue weighted by Crippen LogP contribution is 2.47. The van der Waals surface area contributed by atoms with E-state index in [0.717, 1.165) is 36.5 Å². The third kappa shape index (κ3) is 17.5. The first-order valence-electron chi connectivity index (χ1n) is 33.8. The SMILES string of the molecule is C=CC1CC1(NC(=O)[C@@H]1C[C@@H](N)CN1C(=O)[C@@H](NC(=O)CC1CC1)C(C)(C)C)C(=O)NS(=O)(=O)C1CC1.C=CC1CC1(NC(=O)[C@@H]1C[C@@H](NC(=O)c2ccc3ccccc3n2)CN1C(=O)[C@@H](NC(=O)CC1CC1)C(C)(C)C)C(=O)NS(=O)(=O)C1CC1.O=C(O)c1ccc2ccccc2n1. The summed E-state index contributed by atoms with van der Waals surface area (Å²) in [4.78, 5) is 143. The smallest absolute Gasteiger partial charge is 0.354 e. The predicted octanol–water partition coefficient (Wildman–Crippen LogP) is 3.78. The van der Waals surface area contributed by atoms with Crippen molar-refractivity contribution in [3.05, 3.63) is 109 Å². The number of nitrogens with two attached hydrogens (primary N) is 1. The van der Waals surface area contributed by atoms with Crippen LogP contribution in [0.15, 0.2) is 98.1 Å². The summed E-state index contributed by atoms with van der Waals surface area (Å²) in [6.07, 6.45) is 10.1. The number of likely N-dealkylation sites (tertiary alicyclic amines) is 2. The molecule has 99 heavy (non-hydrogen) atoms. The van der Waals surface area contributed by atoms with Crippen molar-refractivity contribution in [1.29, 1.82) is 0 Å². The molecule has 0 spiro atoms. The number of carbonyl (C=O) groups is 10. The molecule has 29 heteroatoms. The van der Waals surface area contributed by atoms with E-state index in [0.29, 0.717) is 61.4 Å². The Morgan fingerprint density at radius 1 is 0.586 bits per heavy atom. The van der Waals surface area contributed by atoms with Crippen molar-refractivity contribution in [2.75, 3.05) is 13.1 Å². The number of para-hydroxylation sites is 2. The van der Waals surface area contributed by atoms with E-state index in [1.165, 1.54) is 28.0 Å². The molecule has 4 aromatic rings. The highest BCUT2D eigenvalue weighted by molar-refractivity contribution is 7.91. The molecule has 10 N–H and O–H groups in total. The molecule has 4 unspecified atom stereocenters. The van der Waals surface area contributed by atoms with Crippen molar-refractivity contribution in [2.24, 2.45) is 40.2 Å². The van der Waals surface area contributed by atoms with Gasteiger partial charge in [0.05, 0.1) is 21.5 Å². The number of hydrogen-bond donors (Lipinski definition) is 9. The molecule has 12 rings (SSSR count). The maximum absolute atomic E-state index is 14.3. The number of benzene rings is 2. The Morgan fingerprint density at radius 3 is 1.38 bits per heavy atom. The molecule has 27 nitrogen and oxygen atoms in total. The summed E-state index contributed by atoms with van der Waals surface area (Å²) in [6, 6.07) is 16.4. The molecule has 8 aliphatic rings. The second-order valence-corrected chi connectivity index (χ2v) is 33.8. The van der Waals surface area contributed by atoms with E-state index in [1.807, 2.05) is 77.9 Å². The highest BCUT2D eigenvalue weighted by atomic mass is 32.2. The van der Waals surface area contributed by atoms with Crippen molar-refractivity contribution in [2.45, 2.75) is 189 Å². The number of pyridine rings is 2. The molecule has 4 heterocycles. The van der Waals surface area contributed by atoms with Crippen molar-refractivity contribution < 1.29 is 69.9 Å². The summed E-state index contributed by atoms with van der Waals surface area (Å²) in [5.41, 5.74) is 3.42. The molecule has 2 saturated heterocycles. The van der Waals surface area contributed by atoms with Crippen LogP contribution in [0.2, 0.25) is 0 Å². The average Bonchev–Trinajstić information content (AvgIpc) is 1.58. The Labute approximate surface area is 575 Å². The third-order valence-electron chi connectivity index (χ3n) is 19.5. The van der Waals surface area contributed by atoms with Gasteiger partial charge in [-0.1, -0.05) is 102 Å². The summed E-state index contributed by atoms with van der Waals surface area (Å²) in [5.74, 6) is -6.02. The van der Waals surface area contributed by atoms with Gasteiger partial charge in [-0.05, 0) is 124 Å². The van der Waals surface area contributed by atoms with Crippen LogP contribution in [-0.4, -0.2) is 172 Å². The van der Waals surface area contributed by atoms with Crippen molar-refractivity contribution in [3.8, 4) is 0 Å². The van der Waals surface area contributed by atoms with Crippen molar-refractivity contribution >= 4 is 101 Å². The molecule has 6 saturated carbocycles. The minimum Gasteiger partial charge on any atom is -0.477 e. The lowest BCUT2D eigenvalue weighted by Gasteiger charge is -2.35. The Morgan fingerprint density at radius 2 is 0.990 bits per heavy atom. The van der Waals surface area contributed by atoms with Gasteiger partial charge in [0.25, 0.3) is 17.7 Å². The van der Waals surface area contributed by atoms with Crippen LogP contribution in [0.3, 0.4) is 0 Å². The zero-order valence-electron chi connectivity index (χ0n) is 56.6. The van der Waals surface area contributed by atoms with Gasteiger partial charge in [-0.25, -0.2) is 31.6 Å². The second kappa shape index (κ2) is 28.5. The summed E-state index contributed by atoms with van der Waals surface area (Å²) in [6.45, 7) is 18.5. The predicted molar refractivity (Wildman–Crippen MR) is 366 cm³/mol. The van der Waals surface area contributed by atoms with Gasteiger partial charge in [0.1, 0.15) is 46.6 Å². The van der Waals surface area contributed by atoms with Gasteiger partial charge in [0, 0.05) is 60.6 Å². The van der Waals surface area contributed by atoms with Gasteiger partial charge in [-0.2, -0.15) is 0 Å². The molecular formula is C70H90N12O15S2. The normalized spacial score (nSPS) is 25.3. The number of carbonyl (C=O) groups excluding carboxylic acids is 9. The molecule has 10 atom stereocenters. The van der Waals surface area contributed by atoms with Crippen LogP contribution in [0.5, 0.6) is 0 Å². The zero-order valence-corrected chi connectivity index (χ0v) is 58.2. The lowest BCUT2D eigenvalue weighted by molar-refractivity contribution is -0.144. The van der Waals surface area contributed by atoms with Crippen LogP contribution in [0.1, 0.15) is 152 Å². The summed E-state index contributed by atoms with van der Waals surface area (Å²) >= 11 is 0. The number of sulfonamides is 2. The number of nitrogens with zero attached hydrogens (tertiary/aromatic N) is 4. The van der Waals surface area contributed by atoms with Crippen LogP contribution < -0.4 is 41.8 Å². The molecule has 2 aromatic carbocycles. The topological polar surface area (TPSA) is 402 Å². The molecule has 0 bridgehead atoms. The van der Waals surface area contributed by atoms with E-state index < -0.39 is 148 Å². The van der Waals surface area contributed by atoms with Gasteiger partial charge in [0.2, 0.25) is 55.5 Å². The van der Waals surface area contributed by atoms with Crippen LogP contribution in [0.25, 0.3) is 21.8 Å². The number of rotatable bonds is 23. The molecule has 8 fully saturated rings. The fourth-order valence-corrected chi connectivity index (χ4v) is 15.4. The van der Waals surface area contributed by atoms with Gasteiger partial charge in [0.15, 0.2) is 0 Å². The Balaban J connectivity index is 0.000000185. The fourth-order valence-electron chi connectivity index (χ4n) is 12.7. The minimum atomic E-state index is -3.89. The number of aromatic nitrogens is 2. The zero-order chi connectivity index (χ0) is 71.9. The first-order valence-corrected chi connectivity index (χ1v) is 36.9. The maximum Gasteiger partial charge on any atom is 0.354 e. The minimum absolute atomic E-state index is 0.0145. The number of carboxylic acid groups (broad SMARTS) is 1. The van der Waals surface area contributed by atoms with E-state index in [9.17, 15) is 64.8 Å². The number of fused-ring (bicyclic) bond motifs is 2. The van der Waals surface area contributed by atoms with Crippen LogP contribution in [-0.2, 0) is 58.4 Å². The molecule has 0 radical (unpaired) electrons. The molecule has 9 amide bonds. The maximum atomic E-state index is 14.3.